The van der Waals surface area contributed by atoms with Crippen molar-refractivity contribution in [1.29, 1.82) is 0 Å². The van der Waals surface area contributed by atoms with Gasteiger partial charge in [-0.05, 0) is 30.6 Å². The van der Waals surface area contributed by atoms with Gasteiger partial charge in [0.05, 0.1) is 0 Å². The molecule has 0 saturated heterocycles. The van der Waals surface area contributed by atoms with Gasteiger partial charge < -0.3 is 10.6 Å². The molecule has 0 bridgehead atoms. The Hall–Kier alpha value is -0.730. The molecule has 2 N–H and O–H groups in total. The summed E-state index contributed by atoms with van der Waals surface area (Å²) >= 11 is 0. The molecule has 1 saturated carbocycles. The lowest BCUT2D eigenvalue weighted by atomic mass is 9.84. The molecule has 0 amide bonds. The van der Waals surface area contributed by atoms with E-state index in [0.717, 1.165) is 18.4 Å². The van der Waals surface area contributed by atoms with Gasteiger partial charge in [0, 0.05) is 19.6 Å². The smallest absolute Gasteiger partial charge is 0.191 e. The monoisotopic (exact) mass is 225 g/mol. The van der Waals surface area contributed by atoms with Crippen LogP contribution in [0.4, 0.5) is 0 Å². The largest absolute Gasteiger partial charge is 0.356 e. The van der Waals surface area contributed by atoms with Gasteiger partial charge in [0.1, 0.15) is 0 Å². The highest BCUT2D eigenvalue weighted by Crippen LogP contribution is 2.24. The van der Waals surface area contributed by atoms with E-state index in [1.54, 1.807) is 0 Å². The molecule has 0 radical (unpaired) electrons. The zero-order chi connectivity index (χ0) is 12.2. The van der Waals surface area contributed by atoms with Crippen molar-refractivity contribution in [1.82, 2.24) is 10.6 Å². The third kappa shape index (κ3) is 5.38. The third-order valence-electron chi connectivity index (χ3n) is 2.84. The fraction of sp³-hybridized carbons (Fsp3) is 0.923. The van der Waals surface area contributed by atoms with Crippen LogP contribution >= 0.6 is 0 Å². The first kappa shape index (κ1) is 13.3. The van der Waals surface area contributed by atoms with Crippen molar-refractivity contribution in [3.05, 3.63) is 0 Å². The molecule has 0 aromatic carbocycles. The minimum Gasteiger partial charge on any atom is -0.356 e. The zero-order valence-corrected chi connectivity index (χ0v) is 11.4. The quantitative estimate of drug-likeness (QED) is 0.557. The number of aliphatic imine (C=N–C) groups is 1. The summed E-state index contributed by atoms with van der Waals surface area (Å²) in [6, 6.07) is 0.666. The average molecular weight is 225 g/mol. The number of nitrogens with zero attached hydrogens (tertiary/aromatic N) is 1. The van der Waals surface area contributed by atoms with E-state index in [4.69, 9.17) is 0 Å². The van der Waals surface area contributed by atoms with Gasteiger partial charge in [-0.25, -0.2) is 0 Å². The Balaban J connectivity index is 2.29. The molecule has 0 atom stereocenters. The highest BCUT2D eigenvalue weighted by Gasteiger charge is 2.24. The van der Waals surface area contributed by atoms with Crippen molar-refractivity contribution < 1.29 is 0 Å². The van der Waals surface area contributed by atoms with E-state index in [2.05, 4.69) is 43.3 Å². The van der Waals surface area contributed by atoms with Gasteiger partial charge in [-0.1, -0.05) is 27.7 Å². The fourth-order valence-electron chi connectivity index (χ4n) is 2.12. The molecule has 0 spiro atoms. The van der Waals surface area contributed by atoms with Crippen molar-refractivity contribution in [3.63, 3.8) is 0 Å². The summed E-state index contributed by atoms with van der Waals surface area (Å²) in [7, 11) is 1.84. The molecule has 3 heteroatoms. The van der Waals surface area contributed by atoms with E-state index >= 15 is 0 Å². The molecule has 1 aliphatic rings. The first-order valence-electron chi connectivity index (χ1n) is 6.40. The van der Waals surface area contributed by atoms with Gasteiger partial charge in [0.2, 0.25) is 0 Å². The van der Waals surface area contributed by atoms with Crippen LogP contribution in [0.25, 0.3) is 0 Å². The van der Waals surface area contributed by atoms with Crippen molar-refractivity contribution >= 4 is 5.96 Å². The second-order valence-electron chi connectivity index (χ2n) is 6.11. The minimum atomic E-state index is 0.329. The molecule has 0 aromatic heterocycles. The molecular formula is C13H27N3. The molecule has 3 nitrogen and oxygen atoms in total. The molecule has 1 fully saturated rings. The third-order valence-corrected chi connectivity index (χ3v) is 2.84. The van der Waals surface area contributed by atoms with Gasteiger partial charge in [0.25, 0.3) is 0 Å². The molecular weight excluding hydrogens is 198 g/mol. The second-order valence-corrected chi connectivity index (χ2v) is 6.11. The molecule has 0 aliphatic heterocycles. The molecule has 94 valence electrons. The fourth-order valence-corrected chi connectivity index (χ4v) is 2.12. The lowest BCUT2D eigenvalue weighted by Gasteiger charge is -2.27. The summed E-state index contributed by atoms with van der Waals surface area (Å²) < 4.78 is 0. The zero-order valence-electron chi connectivity index (χ0n) is 11.4. The molecule has 16 heavy (non-hydrogen) atoms. The first-order chi connectivity index (χ1) is 7.43. The van der Waals surface area contributed by atoms with E-state index in [1.807, 2.05) is 7.05 Å². The second kappa shape index (κ2) is 5.55. The van der Waals surface area contributed by atoms with E-state index < -0.39 is 0 Å². The lowest BCUT2D eigenvalue weighted by Crippen LogP contribution is -2.43. The molecule has 0 heterocycles. The summed E-state index contributed by atoms with van der Waals surface area (Å²) in [6.45, 7) is 10.2. The summed E-state index contributed by atoms with van der Waals surface area (Å²) in [5.74, 6) is 1.70. The summed E-state index contributed by atoms with van der Waals surface area (Å²) in [6.07, 6.45) is 3.81. The van der Waals surface area contributed by atoms with Crippen molar-refractivity contribution in [2.45, 2.75) is 53.0 Å². The summed E-state index contributed by atoms with van der Waals surface area (Å²) in [5, 5.41) is 6.83. The van der Waals surface area contributed by atoms with E-state index in [-0.39, 0.29) is 0 Å². The van der Waals surface area contributed by atoms with Crippen LogP contribution in [0.3, 0.4) is 0 Å². The Morgan fingerprint density at radius 3 is 2.44 bits per heavy atom. The van der Waals surface area contributed by atoms with Crippen molar-refractivity contribution in [3.8, 4) is 0 Å². The number of hydrogen-bond donors (Lipinski definition) is 2. The van der Waals surface area contributed by atoms with Crippen LogP contribution in [0.15, 0.2) is 4.99 Å². The van der Waals surface area contributed by atoms with Crippen LogP contribution < -0.4 is 10.6 Å². The SMILES string of the molecule is CN=C(NCC(C)(C)CC(C)C)NC1CC1. The maximum atomic E-state index is 4.24. The standard InChI is InChI=1S/C13H27N3/c1-10(2)8-13(3,4)9-15-12(14-5)16-11-6-7-11/h10-11H,6-9H2,1-5H3,(H2,14,15,16). The van der Waals surface area contributed by atoms with Gasteiger partial charge in [-0.3, -0.25) is 4.99 Å². The normalized spacial score (nSPS) is 17.8. The number of rotatable bonds is 5. The highest BCUT2D eigenvalue weighted by molar-refractivity contribution is 5.80. The number of hydrogen-bond acceptors (Lipinski definition) is 1. The highest BCUT2D eigenvalue weighted by atomic mass is 15.2. The van der Waals surface area contributed by atoms with Crippen LogP contribution in [0.2, 0.25) is 0 Å². The molecule has 1 aliphatic carbocycles. The molecule has 1 rings (SSSR count). The Bertz CT molecular complexity index is 240. The van der Waals surface area contributed by atoms with Crippen molar-refractivity contribution in [2.75, 3.05) is 13.6 Å². The predicted molar refractivity (Wildman–Crippen MR) is 70.8 cm³/mol. The van der Waals surface area contributed by atoms with Crippen LogP contribution in [0, 0.1) is 11.3 Å². The Labute approximate surface area is 100 Å². The van der Waals surface area contributed by atoms with Crippen molar-refractivity contribution in [2.24, 2.45) is 16.3 Å². The minimum absolute atomic E-state index is 0.329. The average Bonchev–Trinajstić information content (AvgIpc) is 2.93. The van der Waals surface area contributed by atoms with Crippen LogP contribution in [-0.2, 0) is 0 Å². The van der Waals surface area contributed by atoms with Gasteiger partial charge in [0.15, 0.2) is 5.96 Å². The Morgan fingerprint density at radius 1 is 1.38 bits per heavy atom. The van der Waals surface area contributed by atoms with E-state index in [9.17, 15) is 0 Å². The van der Waals surface area contributed by atoms with E-state index in [1.165, 1.54) is 19.3 Å². The Morgan fingerprint density at radius 2 is 2.00 bits per heavy atom. The Kier molecular flexibility index (Phi) is 4.63. The van der Waals surface area contributed by atoms with E-state index in [0.29, 0.717) is 11.5 Å². The molecule has 0 aromatic rings. The van der Waals surface area contributed by atoms with Gasteiger partial charge in [-0.15, -0.1) is 0 Å². The first-order valence-corrected chi connectivity index (χ1v) is 6.40. The van der Waals surface area contributed by atoms with Crippen LogP contribution in [-0.4, -0.2) is 25.6 Å². The maximum Gasteiger partial charge on any atom is 0.191 e. The summed E-state index contributed by atoms with van der Waals surface area (Å²) in [4.78, 5) is 4.24. The topological polar surface area (TPSA) is 36.4 Å². The summed E-state index contributed by atoms with van der Waals surface area (Å²) in [5.41, 5.74) is 0.329. The maximum absolute atomic E-state index is 4.24. The predicted octanol–water partition coefficient (Wildman–Crippen LogP) is 2.39. The number of nitrogens with one attached hydrogen (secondary N) is 2. The lowest BCUT2D eigenvalue weighted by molar-refractivity contribution is 0.286. The van der Waals surface area contributed by atoms with Crippen LogP contribution in [0.1, 0.15) is 47.0 Å². The van der Waals surface area contributed by atoms with Crippen LogP contribution in [0.5, 0.6) is 0 Å². The number of guanidine groups is 1. The van der Waals surface area contributed by atoms with Gasteiger partial charge in [-0.2, -0.15) is 0 Å². The van der Waals surface area contributed by atoms with Gasteiger partial charge >= 0.3 is 0 Å². The molecule has 0 unspecified atom stereocenters.